The Kier molecular flexibility index (Phi) is 4.21. The smallest absolute Gasteiger partial charge is 0.399 e. The summed E-state index contributed by atoms with van der Waals surface area (Å²) in [7, 11) is -0.460. The predicted molar refractivity (Wildman–Crippen MR) is 110 cm³/mol. The number of benzene rings is 1. The highest BCUT2D eigenvalue weighted by molar-refractivity contribution is 6.62. The molecule has 6 heteroatoms. The number of hydrogen-bond donors (Lipinski definition) is 1. The van der Waals surface area contributed by atoms with Gasteiger partial charge in [0.25, 0.3) is 0 Å². The Hall–Kier alpha value is -2.18. The molecule has 1 fully saturated rings. The minimum atomic E-state index is -0.460. The van der Waals surface area contributed by atoms with Crippen LogP contribution in [0.4, 0.5) is 4.39 Å². The van der Waals surface area contributed by atoms with Gasteiger partial charge in [0.2, 0.25) is 0 Å². The van der Waals surface area contributed by atoms with E-state index in [0.29, 0.717) is 0 Å². The van der Waals surface area contributed by atoms with E-state index in [1.165, 1.54) is 12.1 Å². The van der Waals surface area contributed by atoms with Crippen LogP contribution in [-0.2, 0) is 14.7 Å². The largest absolute Gasteiger partial charge is 0.496 e. The summed E-state index contributed by atoms with van der Waals surface area (Å²) in [5, 5.41) is 1.02. The van der Waals surface area contributed by atoms with E-state index in [1.807, 2.05) is 46.0 Å². The van der Waals surface area contributed by atoms with Crippen LogP contribution in [0.15, 0.2) is 42.7 Å². The first-order valence-electron chi connectivity index (χ1n) is 9.60. The SMILES string of the molecule is CC(C)(c1ccc(F)cc1)c1c[nH]c2ncc(B3OC(C)(C)C(C)(C)O3)cc12. The van der Waals surface area contributed by atoms with Crippen molar-refractivity contribution in [2.75, 3.05) is 0 Å². The molecule has 3 aromatic rings. The van der Waals surface area contributed by atoms with Crippen molar-refractivity contribution in [2.24, 2.45) is 0 Å². The Morgan fingerprint density at radius 2 is 1.64 bits per heavy atom. The second kappa shape index (κ2) is 6.16. The first-order chi connectivity index (χ1) is 13.0. The van der Waals surface area contributed by atoms with Crippen LogP contribution in [0.3, 0.4) is 0 Å². The highest BCUT2D eigenvalue weighted by Crippen LogP contribution is 2.38. The van der Waals surface area contributed by atoms with Crippen molar-refractivity contribution in [1.82, 2.24) is 9.97 Å². The fraction of sp³-hybridized carbons (Fsp3) is 0.409. The lowest BCUT2D eigenvalue weighted by Gasteiger charge is -2.32. The van der Waals surface area contributed by atoms with Crippen molar-refractivity contribution >= 4 is 23.6 Å². The summed E-state index contributed by atoms with van der Waals surface area (Å²) < 4.78 is 25.7. The minimum Gasteiger partial charge on any atom is -0.399 e. The maximum Gasteiger partial charge on any atom is 0.496 e. The van der Waals surface area contributed by atoms with Gasteiger partial charge in [-0.1, -0.05) is 26.0 Å². The first kappa shape index (κ1) is 19.2. The average Bonchev–Trinajstić information content (AvgIpc) is 3.13. The molecule has 1 saturated heterocycles. The molecule has 28 heavy (non-hydrogen) atoms. The van der Waals surface area contributed by atoms with E-state index in [2.05, 4.69) is 29.9 Å². The van der Waals surface area contributed by atoms with E-state index in [1.54, 1.807) is 6.20 Å². The number of pyridine rings is 1. The first-order valence-corrected chi connectivity index (χ1v) is 9.60. The minimum absolute atomic E-state index is 0.233. The summed E-state index contributed by atoms with van der Waals surface area (Å²) in [6.07, 6.45) is 3.78. The zero-order chi connectivity index (χ0) is 20.3. The number of H-pyrrole nitrogens is 1. The molecule has 0 bridgehead atoms. The Bertz CT molecular complexity index is 1010. The van der Waals surface area contributed by atoms with Crippen LogP contribution in [0, 0.1) is 5.82 Å². The van der Waals surface area contributed by atoms with Crippen molar-refractivity contribution in [2.45, 2.75) is 58.2 Å². The van der Waals surface area contributed by atoms with Gasteiger partial charge < -0.3 is 14.3 Å². The normalized spacial score (nSPS) is 18.8. The molecule has 4 nitrogen and oxygen atoms in total. The molecule has 2 aromatic heterocycles. The quantitative estimate of drug-likeness (QED) is 0.689. The number of fused-ring (bicyclic) bond motifs is 1. The summed E-state index contributed by atoms with van der Waals surface area (Å²) in [4.78, 5) is 7.85. The van der Waals surface area contributed by atoms with Crippen molar-refractivity contribution in [3.05, 3.63) is 59.7 Å². The topological polar surface area (TPSA) is 47.1 Å². The maximum atomic E-state index is 13.4. The van der Waals surface area contributed by atoms with E-state index in [4.69, 9.17) is 9.31 Å². The number of aromatic amines is 1. The van der Waals surface area contributed by atoms with Gasteiger partial charge in [-0.2, -0.15) is 0 Å². The molecule has 0 saturated carbocycles. The van der Waals surface area contributed by atoms with Crippen LogP contribution in [-0.4, -0.2) is 28.3 Å². The van der Waals surface area contributed by atoms with E-state index < -0.39 is 18.3 Å². The molecule has 0 atom stereocenters. The molecule has 0 aliphatic carbocycles. The summed E-state index contributed by atoms with van der Waals surface area (Å²) in [6.45, 7) is 12.4. The lowest BCUT2D eigenvalue weighted by molar-refractivity contribution is 0.00578. The molecule has 146 valence electrons. The highest BCUT2D eigenvalue weighted by atomic mass is 19.1. The molecule has 4 rings (SSSR count). The molecule has 0 unspecified atom stereocenters. The molecular weight excluding hydrogens is 354 g/mol. The fourth-order valence-corrected chi connectivity index (χ4v) is 3.67. The summed E-state index contributed by atoms with van der Waals surface area (Å²) in [5.74, 6) is -0.233. The van der Waals surface area contributed by atoms with Gasteiger partial charge in [0.05, 0.1) is 11.2 Å². The van der Waals surface area contributed by atoms with E-state index in [-0.39, 0.29) is 11.2 Å². The second-order valence-electron chi connectivity index (χ2n) is 9.09. The molecule has 3 heterocycles. The lowest BCUT2D eigenvalue weighted by Crippen LogP contribution is -2.41. The van der Waals surface area contributed by atoms with Gasteiger partial charge >= 0.3 is 7.12 Å². The molecular formula is C22H26BFN2O2. The number of aromatic nitrogens is 2. The number of hydrogen-bond acceptors (Lipinski definition) is 3. The second-order valence-corrected chi connectivity index (χ2v) is 9.09. The standard InChI is InChI=1S/C22H26BFN2O2/c1-20(2,14-7-9-16(24)10-8-14)18-13-26-19-17(18)11-15(12-25-19)23-27-21(3,4)22(5,6)28-23/h7-13H,1-6H3,(H,25,26). The van der Waals surface area contributed by atoms with Gasteiger partial charge in [0.1, 0.15) is 11.5 Å². The third kappa shape index (κ3) is 2.95. The van der Waals surface area contributed by atoms with Gasteiger partial charge in [0, 0.05) is 28.7 Å². The third-order valence-electron chi connectivity index (χ3n) is 6.32. The monoisotopic (exact) mass is 380 g/mol. The number of nitrogens with zero attached hydrogens (tertiary/aromatic N) is 1. The molecule has 0 spiro atoms. The Labute approximate surface area is 165 Å². The fourth-order valence-electron chi connectivity index (χ4n) is 3.67. The van der Waals surface area contributed by atoms with Crippen molar-refractivity contribution in [1.29, 1.82) is 0 Å². The van der Waals surface area contributed by atoms with Gasteiger partial charge in [-0.3, -0.25) is 0 Å². The van der Waals surface area contributed by atoms with Crippen molar-refractivity contribution in [3.63, 3.8) is 0 Å². The van der Waals surface area contributed by atoms with E-state index >= 15 is 0 Å². The number of nitrogens with one attached hydrogen (secondary N) is 1. The number of halogens is 1. The average molecular weight is 380 g/mol. The Balaban J connectivity index is 1.76. The van der Waals surface area contributed by atoms with Gasteiger partial charge in [-0.05, 0) is 57.0 Å². The highest BCUT2D eigenvalue weighted by Gasteiger charge is 2.51. The van der Waals surface area contributed by atoms with Crippen LogP contribution in [0.2, 0.25) is 0 Å². The van der Waals surface area contributed by atoms with Crippen LogP contribution in [0.5, 0.6) is 0 Å². The van der Waals surface area contributed by atoms with Gasteiger partial charge in [-0.25, -0.2) is 9.37 Å². The Morgan fingerprint density at radius 1 is 1.04 bits per heavy atom. The van der Waals surface area contributed by atoms with Crippen molar-refractivity contribution < 1.29 is 13.7 Å². The summed E-state index contributed by atoms with van der Waals surface area (Å²) in [6, 6.07) is 8.75. The molecule has 0 amide bonds. The predicted octanol–water partition coefficient (Wildman–Crippen LogP) is 4.33. The van der Waals surface area contributed by atoms with Crippen LogP contribution in [0.25, 0.3) is 11.0 Å². The zero-order valence-electron chi connectivity index (χ0n) is 17.3. The van der Waals surface area contributed by atoms with E-state index in [9.17, 15) is 4.39 Å². The lowest BCUT2D eigenvalue weighted by atomic mass is 9.76. The zero-order valence-corrected chi connectivity index (χ0v) is 17.3. The molecule has 1 aliphatic heterocycles. The maximum absolute atomic E-state index is 13.4. The molecule has 1 aromatic carbocycles. The number of rotatable bonds is 3. The molecule has 1 N–H and O–H groups in total. The molecule has 0 radical (unpaired) electrons. The summed E-state index contributed by atoms with van der Waals surface area (Å²) >= 11 is 0. The summed E-state index contributed by atoms with van der Waals surface area (Å²) in [5.41, 5.74) is 2.72. The van der Waals surface area contributed by atoms with Crippen molar-refractivity contribution in [3.8, 4) is 0 Å². The van der Waals surface area contributed by atoms with Crippen LogP contribution >= 0.6 is 0 Å². The van der Waals surface area contributed by atoms with Gasteiger partial charge in [0.15, 0.2) is 0 Å². The van der Waals surface area contributed by atoms with Crippen LogP contribution < -0.4 is 5.46 Å². The van der Waals surface area contributed by atoms with Crippen LogP contribution in [0.1, 0.15) is 52.7 Å². The molecule has 1 aliphatic rings. The van der Waals surface area contributed by atoms with Gasteiger partial charge in [-0.15, -0.1) is 0 Å². The Morgan fingerprint density at radius 3 is 2.25 bits per heavy atom. The van der Waals surface area contributed by atoms with E-state index in [0.717, 1.165) is 27.6 Å². The third-order valence-corrected chi connectivity index (χ3v) is 6.32.